The topological polar surface area (TPSA) is 88.1 Å². The molecule has 0 aliphatic heterocycles. The molecular formula is C31H28O7. The molecule has 0 radical (unpaired) electrons. The zero-order chi connectivity index (χ0) is 28.0. The van der Waals surface area contributed by atoms with Crippen molar-refractivity contribution in [3.05, 3.63) is 97.1 Å². The maximum Gasteiger partial charge on any atom is 0.338 e. The van der Waals surface area contributed by atoms with E-state index in [0.29, 0.717) is 22.6 Å². The summed E-state index contributed by atoms with van der Waals surface area (Å²) in [5.41, 5.74) is 3.74. The molecular weight excluding hydrogens is 484 g/mol. The fourth-order valence-corrected chi connectivity index (χ4v) is 3.27. The molecule has 0 fully saturated rings. The van der Waals surface area contributed by atoms with Gasteiger partial charge in [0.05, 0.1) is 7.11 Å². The lowest BCUT2D eigenvalue weighted by atomic mass is 9.99. The highest BCUT2D eigenvalue weighted by Crippen LogP contribution is 2.38. The van der Waals surface area contributed by atoms with Crippen molar-refractivity contribution < 1.29 is 33.3 Å². The molecule has 3 aromatic carbocycles. The van der Waals surface area contributed by atoms with Crippen molar-refractivity contribution in [2.75, 3.05) is 7.11 Å². The molecule has 7 nitrogen and oxygen atoms in total. The summed E-state index contributed by atoms with van der Waals surface area (Å²) in [4.78, 5) is 36.1. The van der Waals surface area contributed by atoms with Gasteiger partial charge in [0.2, 0.25) is 0 Å². The molecule has 0 saturated heterocycles. The maximum atomic E-state index is 12.3. The van der Waals surface area contributed by atoms with Crippen LogP contribution in [0.25, 0.3) is 22.3 Å². The first-order valence-corrected chi connectivity index (χ1v) is 11.6. The van der Waals surface area contributed by atoms with Gasteiger partial charge >= 0.3 is 17.9 Å². The van der Waals surface area contributed by atoms with Crippen LogP contribution in [0.15, 0.2) is 97.1 Å². The Labute approximate surface area is 221 Å². The number of esters is 3. The molecule has 0 amide bonds. The molecule has 7 heteroatoms. The van der Waals surface area contributed by atoms with E-state index in [1.807, 2.05) is 24.3 Å². The summed E-state index contributed by atoms with van der Waals surface area (Å²) in [5, 5.41) is 0. The van der Waals surface area contributed by atoms with Crippen LogP contribution >= 0.6 is 0 Å². The first-order valence-electron chi connectivity index (χ1n) is 11.6. The Morgan fingerprint density at radius 3 is 1.32 bits per heavy atom. The second-order valence-electron chi connectivity index (χ2n) is 8.61. The van der Waals surface area contributed by atoms with E-state index >= 15 is 0 Å². The van der Waals surface area contributed by atoms with Gasteiger partial charge in [-0.05, 0) is 56.2 Å². The summed E-state index contributed by atoms with van der Waals surface area (Å²) in [6, 6.07) is 17.3. The highest BCUT2D eigenvalue weighted by atomic mass is 16.5. The van der Waals surface area contributed by atoms with Gasteiger partial charge in [-0.25, -0.2) is 14.4 Å². The third-order valence-electron chi connectivity index (χ3n) is 5.30. The number of methoxy groups -OCH3 is 1. The molecule has 0 N–H and O–H groups in total. The Morgan fingerprint density at radius 2 is 0.921 bits per heavy atom. The van der Waals surface area contributed by atoms with Gasteiger partial charge in [0.15, 0.2) is 0 Å². The van der Waals surface area contributed by atoms with Crippen LogP contribution in [0.5, 0.6) is 23.0 Å². The third kappa shape index (κ3) is 6.64. The van der Waals surface area contributed by atoms with Gasteiger partial charge in [0.25, 0.3) is 0 Å². The maximum absolute atomic E-state index is 12.3. The van der Waals surface area contributed by atoms with Crippen LogP contribution < -0.4 is 18.9 Å². The minimum Gasteiger partial charge on any atom is -0.496 e. The molecule has 0 atom stereocenters. The zero-order valence-electron chi connectivity index (χ0n) is 21.8. The van der Waals surface area contributed by atoms with Gasteiger partial charge in [-0.2, -0.15) is 0 Å². The van der Waals surface area contributed by atoms with Crippen molar-refractivity contribution in [2.45, 2.75) is 20.8 Å². The Hall–Kier alpha value is -4.91. The van der Waals surface area contributed by atoms with Gasteiger partial charge in [0, 0.05) is 40.0 Å². The summed E-state index contributed by atoms with van der Waals surface area (Å²) < 4.78 is 21.6. The van der Waals surface area contributed by atoms with Crippen molar-refractivity contribution in [3.63, 3.8) is 0 Å². The number of ether oxygens (including phenoxy) is 4. The van der Waals surface area contributed by atoms with Crippen LogP contribution in [-0.4, -0.2) is 25.0 Å². The van der Waals surface area contributed by atoms with E-state index in [-0.39, 0.29) is 22.6 Å². The number of benzene rings is 3. The molecule has 0 bridgehead atoms. The van der Waals surface area contributed by atoms with Crippen molar-refractivity contribution in [3.8, 4) is 45.3 Å². The van der Waals surface area contributed by atoms with Crippen molar-refractivity contribution in [1.29, 1.82) is 0 Å². The quantitative estimate of drug-likeness (QED) is 0.184. The van der Waals surface area contributed by atoms with E-state index in [4.69, 9.17) is 18.9 Å². The van der Waals surface area contributed by atoms with Crippen molar-refractivity contribution in [1.82, 2.24) is 0 Å². The highest BCUT2D eigenvalue weighted by Gasteiger charge is 2.16. The molecule has 0 aliphatic rings. The highest BCUT2D eigenvalue weighted by molar-refractivity contribution is 5.91. The standard InChI is InChI=1S/C31H28O7/c1-18(2)29(32)36-23-12-14-25(27(16-23)35-7)21-8-10-22(11-9-21)26-15-13-24(37-30(33)19(3)4)17-28(26)38-31(34)20(5)6/h8-17H,1,3,5H2,2,4,6-7H3. The number of hydrogen-bond acceptors (Lipinski definition) is 7. The van der Waals surface area contributed by atoms with E-state index in [0.717, 1.165) is 16.7 Å². The van der Waals surface area contributed by atoms with Gasteiger partial charge in [-0.3, -0.25) is 0 Å². The second-order valence-corrected chi connectivity index (χ2v) is 8.61. The van der Waals surface area contributed by atoms with E-state index < -0.39 is 17.9 Å². The molecule has 0 aromatic heterocycles. The average Bonchev–Trinajstić information content (AvgIpc) is 2.88. The van der Waals surface area contributed by atoms with Crippen molar-refractivity contribution >= 4 is 17.9 Å². The molecule has 38 heavy (non-hydrogen) atoms. The fraction of sp³-hybridized carbons (Fsp3) is 0.129. The summed E-state index contributed by atoms with van der Waals surface area (Å²) in [5.74, 6) is -0.444. The normalized spacial score (nSPS) is 10.2. The van der Waals surface area contributed by atoms with Crippen LogP contribution in [0.1, 0.15) is 20.8 Å². The van der Waals surface area contributed by atoms with E-state index in [1.165, 1.54) is 20.1 Å². The smallest absolute Gasteiger partial charge is 0.338 e. The van der Waals surface area contributed by atoms with Crippen LogP contribution in [-0.2, 0) is 14.4 Å². The first kappa shape index (κ1) is 27.7. The van der Waals surface area contributed by atoms with Crippen molar-refractivity contribution in [2.24, 2.45) is 0 Å². The molecule has 194 valence electrons. The number of rotatable bonds is 9. The van der Waals surface area contributed by atoms with Crippen LogP contribution in [0.3, 0.4) is 0 Å². The zero-order valence-corrected chi connectivity index (χ0v) is 21.8. The minimum atomic E-state index is -0.608. The van der Waals surface area contributed by atoms with Gasteiger partial charge < -0.3 is 18.9 Å². The van der Waals surface area contributed by atoms with Crippen LogP contribution in [0.2, 0.25) is 0 Å². The van der Waals surface area contributed by atoms with E-state index in [1.54, 1.807) is 44.2 Å². The van der Waals surface area contributed by atoms with E-state index in [9.17, 15) is 14.4 Å². The van der Waals surface area contributed by atoms with Crippen LogP contribution in [0.4, 0.5) is 0 Å². The second kappa shape index (κ2) is 11.9. The van der Waals surface area contributed by atoms with Gasteiger partial charge in [-0.1, -0.05) is 44.0 Å². The van der Waals surface area contributed by atoms with Crippen LogP contribution in [0, 0.1) is 0 Å². The predicted octanol–water partition coefficient (Wildman–Crippen LogP) is 6.47. The number of carbonyl (C=O) groups is 3. The van der Waals surface area contributed by atoms with Gasteiger partial charge in [0.1, 0.15) is 23.0 Å². The molecule has 0 saturated carbocycles. The molecule has 3 aromatic rings. The summed E-state index contributed by atoms with van der Waals surface area (Å²) in [7, 11) is 1.53. The largest absolute Gasteiger partial charge is 0.496 e. The lowest BCUT2D eigenvalue weighted by Gasteiger charge is -2.14. The molecule has 0 heterocycles. The minimum absolute atomic E-state index is 0.207. The lowest BCUT2D eigenvalue weighted by molar-refractivity contribution is -0.131. The molecule has 0 unspecified atom stereocenters. The number of carbonyl (C=O) groups excluding carboxylic acids is 3. The fourth-order valence-electron chi connectivity index (χ4n) is 3.27. The molecule has 3 rings (SSSR count). The number of hydrogen-bond donors (Lipinski definition) is 0. The Balaban J connectivity index is 1.96. The van der Waals surface area contributed by atoms with E-state index in [2.05, 4.69) is 19.7 Å². The molecule has 0 aliphatic carbocycles. The summed E-state index contributed by atoms with van der Waals surface area (Å²) in [6.45, 7) is 15.4. The Morgan fingerprint density at radius 1 is 0.553 bits per heavy atom. The third-order valence-corrected chi connectivity index (χ3v) is 5.30. The SMILES string of the molecule is C=C(C)C(=O)Oc1ccc(-c2ccc(-c3ccc(OC(=O)C(=C)C)cc3OC(=O)C(=C)C)cc2)c(OC)c1. The summed E-state index contributed by atoms with van der Waals surface area (Å²) in [6.07, 6.45) is 0. The molecule has 0 spiro atoms. The Bertz CT molecular complexity index is 1450. The summed E-state index contributed by atoms with van der Waals surface area (Å²) >= 11 is 0. The lowest BCUT2D eigenvalue weighted by Crippen LogP contribution is -2.11. The average molecular weight is 513 g/mol. The first-order chi connectivity index (χ1) is 18.0. The predicted molar refractivity (Wildman–Crippen MR) is 145 cm³/mol. The monoisotopic (exact) mass is 512 g/mol. The van der Waals surface area contributed by atoms with Gasteiger partial charge in [-0.15, -0.1) is 0 Å². The Kier molecular flexibility index (Phi) is 8.65.